The number of hydrogen-bond donors (Lipinski definition) is 0. The van der Waals surface area contributed by atoms with E-state index in [9.17, 15) is 5.21 Å². The van der Waals surface area contributed by atoms with Gasteiger partial charge in [0.2, 0.25) is 0 Å². The molecule has 0 aromatic heterocycles. The standard InChI is InChI=1S/C6H12NO/c1-4-6(2)5-7(3)8/h4,6H,1,5H2,2-3H3/q-1. The first-order valence-corrected chi connectivity index (χ1v) is 2.67. The predicted molar refractivity (Wildman–Crippen MR) is 35.4 cm³/mol. The molecule has 0 aliphatic carbocycles. The van der Waals surface area contributed by atoms with Crippen LogP contribution in [0.3, 0.4) is 0 Å². The van der Waals surface area contributed by atoms with Crippen LogP contribution < -0.4 is 0 Å². The molecular formula is C6H12NO-. The molecule has 8 heavy (non-hydrogen) atoms. The van der Waals surface area contributed by atoms with E-state index in [0.29, 0.717) is 12.5 Å². The summed E-state index contributed by atoms with van der Waals surface area (Å²) in [5.74, 6) is 0.303. The molecule has 0 radical (unpaired) electrons. The number of rotatable bonds is 3. The maximum atomic E-state index is 10.3. The zero-order valence-electron chi connectivity index (χ0n) is 5.42. The first kappa shape index (κ1) is 7.66. The van der Waals surface area contributed by atoms with E-state index in [4.69, 9.17) is 0 Å². The molecule has 0 rings (SSSR count). The van der Waals surface area contributed by atoms with Gasteiger partial charge in [-0.15, -0.1) is 6.58 Å². The molecule has 0 aromatic carbocycles. The molecular weight excluding hydrogens is 102 g/mol. The predicted octanol–water partition coefficient (Wildman–Crippen LogP) is 1.24. The summed E-state index contributed by atoms with van der Waals surface area (Å²) in [4.78, 5) is 0. The van der Waals surface area contributed by atoms with Crippen LogP contribution in [0, 0.1) is 11.1 Å². The SMILES string of the molecule is C=CC(C)CN(C)[O-]. The van der Waals surface area contributed by atoms with E-state index in [1.54, 1.807) is 6.08 Å². The van der Waals surface area contributed by atoms with Crippen molar-refractivity contribution < 1.29 is 0 Å². The molecule has 0 amide bonds. The topological polar surface area (TPSA) is 26.3 Å². The van der Waals surface area contributed by atoms with Crippen molar-refractivity contribution in [3.05, 3.63) is 17.9 Å². The Kier molecular flexibility index (Phi) is 3.48. The van der Waals surface area contributed by atoms with Gasteiger partial charge in [0.15, 0.2) is 0 Å². The summed E-state index contributed by atoms with van der Waals surface area (Å²) in [5.41, 5.74) is 0. The summed E-state index contributed by atoms with van der Waals surface area (Å²) < 4.78 is 0. The van der Waals surface area contributed by atoms with Crippen molar-refractivity contribution in [3.63, 3.8) is 0 Å². The molecule has 0 saturated heterocycles. The Labute approximate surface area is 50.4 Å². The van der Waals surface area contributed by atoms with Crippen LogP contribution in [0.1, 0.15) is 6.92 Å². The summed E-state index contributed by atoms with van der Waals surface area (Å²) in [5, 5.41) is 11.2. The number of hydroxylamine groups is 2. The zero-order chi connectivity index (χ0) is 6.57. The van der Waals surface area contributed by atoms with Gasteiger partial charge in [0.05, 0.1) is 0 Å². The fourth-order valence-electron chi connectivity index (χ4n) is 0.480. The quantitative estimate of drug-likeness (QED) is 0.407. The lowest BCUT2D eigenvalue weighted by Crippen LogP contribution is -2.16. The molecule has 48 valence electrons. The third-order valence-electron chi connectivity index (χ3n) is 0.947. The molecule has 0 aromatic rings. The molecule has 0 aliphatic rings. The normalized spacial score (nSPS) is 14.0. The molecule has 1 unspecified atom stereocenters. The van der Waals surface area contributed by atoms with Crippen LogP contribution in [0.25, 0.3) is 0 Å². The second-order valence-electron chi connectivity index (χ2n) is 2.02. The second-order valence-corrected chi connectivity index (χ2v) is 2.02. The Morgan fingerprint density at radius 3 is 2.50 bits per heavy atom. The first-order chi connectivity index (χ1) is 3.66. The van der Waals surface area contributed by atoms with Gasteiger partial charge in [0, 0.05) is 0 Å². The Morgan fingerprint density at radius 1 is 1.88 bits per heavy atom. The van der Waals surface area contributed by atoms with Gasteiger partial charge >= 0.3 is 0 Å². The second kappa shape index (κ2) is 3.64. The van der Waals surface area contributed by atoms with Gasteiger partial charge in [-0.3, -0.25) is 0 Å². The van der Waals surface area contributed by atoms with Crippen molar-refractivity contribution in [2.45, 2.75) is 6.92 Å². The Bertz CT molecular complexity index is 70.9. The average Bonchev–Trinajstić information content (AvgIpc) is 1.65. The molecule has 0 spiro atoms. The highest BCUT2D eigenvalue weighted by molar-refractivity contribution is 4.76. The van der Waals surface area contributed by atoms with E-state index in [1.807, 2.05) is 6.92 Å². The Balaban J connectivity index is 3.23. The van der Waals surface area contributed by atoms with E-state index in [1.165, 1.54) is 7.05 Å². The van der Waals surface area contributed by atoms with Crippen LogP contribution in [-0.4, -0.2) is 18.7 Å². The van der Waals surface area contributed by atoms with Crippen molar-refractivity contribution in [3.8, 4) is 0 Å². The van der Waals surface area contributed by atoms with Gasteiger partial charge in [-0.1, -0.05) is 13.0 Å². The first-order valence-electron chi connectivity index (χ1n) is 2.67. The Morgan fingerprint density at radius 2 is 2.38 bits per heavy atom. The molecule has 0 fully saturated rings. The molecule has 0 bridgehead atoms. The fraction of sp³-hybridized carbons (Fsp3) is 0.667. The smallest absolute Gasteiger partial charge is 0.00852 e. The van der Waals surface area contributed by atoms with Crippen molar-refractivity contribution in [1.82, 2.24) is 5.06 Å². The van der Waals surface area contributed by atoms with Crippen molar-refractivity contribution in [2.24, 2.45) is 5.92 Å². The lowest BCUT2D eigenvalue weighted by Gasteiger charge is -2.23. The molecule has 0 aliphatic heterocycles. The van der Waals surface area contributed by atoms with Gasteiger partial charge in [-0.05, 0) is 19.5 Å². The van der Waals surface area contributed by atoms with Crippen molar-refractivity contribution >= 4 is 0 Å². The van der Waals surface area contributed by atoms with Crippen LogP contribution in [-0.2, 0) is 0 Å². The highest BCUT2D eigenvalue weighted by Crippen LogP contribution is 1.95. The summed E-state index contributed by atoms with van der Waals surface area (Å²) in [6.07, 6.45) is 1.77. The van der Waals surface area contributed by atoms with E-state index in [2.05, 4.69) is 6.58 Å². The monoisotopic (exact) mass is 114 g/mol. The number of hydrogen-bond acceptors (Lipinski definition) is 2. The van der Waals surface area contributed by atoms with E-state index in [-0.39, 0.29) is 0 Å². The minimum Gasteiger partial charge on any atom is -0.785 e. The third kappa shape index (κ3) is 3.84. The summed E-state index contributed by atoms with van der Waals surface area (Å²) in [6.45, 7) is 6.05. The third-order valence-corrected chi connectivity index (χ3v) is 0.947. The lowest BCUT2D eigenvalue weighted by molar-refractivity contribution is 0.412. The minimum absolute atomic E-state index is 0.303. The van der Waals surface area contributed by atoms with Crippen LogP contribution in [0.5, 0.6) is 0 Å². The van der Waals surface area contributed by atoms with Crippen molar-refractivity contribution in [2.75, 3.05) is 13.6 Å². The fourth-order valence-corrected chi connectivity index (χ4v) is 0.480. The molecule has 1 atom stereocenters. The van der Waals surface area contributed by atoms with Crippen LogP contribution in [0.4, 0.5) is 0 Å². The maximum Gasteiger partial charge on any atom is -0.00852 e. The van der Waals surface area contributed by atoms with Crippen LogP contribution >= 0.6 is 0 Å². The van der Waals surface area contributed by atoms with Crippen LogP contribution in [0.2, 0.25) is 0 Å². The van der Waals surface area contributed by atoms with Gasteiger partial charge in [0.1, 0.15) is 0 Å². The Hall–Kier alpha value is -0.340. The van der Waals surface area contributed by atoms with Crippen molar-refractivity contribution in [1.29, 1.82) is 0 Å². The van der Waals surface area contributed by atoms with E-state index in [0.717, 1.165) is 5.06 Å². The van der Waals surface area contributed by atoms with Gasteiger partial charge in [-0.25, -0.2) is 0 Å². The lowest BCUT2D eigenvalue weighted by atomic mass is 10.2. The molecule has 2 heteroatoms. The van der Waals surface area contributed by atoms with E-state index < -0.39 is 0 Å². The molecule has 0 heterocycles. The largest absolute Gasteiger partial charge is 0.785 e. The minimum atomic E-state index is 0.303. The number of nitrogens with zero attached hydrogens (tertiary/aromatic N) is 1. The summed E-state index contributed by atoms with van der Waals surface area (Å²) in [6, 6.07) is 0. The van der Waals surface area contributed by atoms with Gasteiger partial charge in [-0.2, -0.15) is 0 Å². The molecule has 0 saturated carbocycles. The highest BCUT2D eigenvalue weighted by Gasteiger charge is 1.91. The van der Waals surface area contributed by atoms with Gasteiger partial charge in [0.25, 0.3) is 0 Å². The zero-order valence-corrected chi connectivity index (χ0v) is 5.42. The highest BCUT2D eigenvalue weighted by atomic mass is 16.5. The molecule has 0 N–H and O–H groups in total. The summed E-state index contributed by atoms with van der Waals surface area (Å²) in [7, 11) is 1.51. The van der Waals surface area contributed by atoms with E-state index >= 15 is 0 Å². The maximum absolute atomic E-state index is 10.3. The summed E-state index contributed by atoms with van der Waals surface area (Å²) >= 11 is 0. The van der Waals surface area contributed by atoms with Gasteiger partial charge < -0.3 is 10.3 Å². The van der Waals surface area contributed by atoms with Crippen LogP contribution in [0.15, 0.2) is 12.7 Å². The average molecular weight is 114 g/mol. The molecule has 2 nitrogen and oxygen atoms in total.